The summed E-state index contributed by atoms with van der Waals surface area (Å²) in [6.07, 6.45) is 3.54. The molecule has 3 aliphatic rings. The smallest absolute Gasteiger partial charge is 0.298 e. The van der Waals surface area contributed by atoms with Crippen molar-refractivity contribution < 1.29 is 9.21 Å². The first-order chi connectivity index (χ1) is 12.3. The molecule has 1 aromatic heterocycles. The summed E-state index contributed by atoms with van der Waals surface area (Å²) >= 11 is 0. The minimum absolute atomic E-state index is 0.0663. The molecule has 25 heavy (non-hydrogen) atoms. The van der Waals surface area contributed by atoms with Gasteiger partial charge in [0.2, 0.25) is 5.91 Å². The number of aromatic nitrogens is 1. The molecule has 1 aliphatic carbocycles. The fourth-order valence-corrected chi connectivity index (χ4v) is 4.43. The number of nitrogens with zero attached hydrogens (tertiary/aromatic N) is 3. The van der Waals surface area contributed by atoms with Gasteiger partial charge in [0.05, 0.1) is 0 Å². The minimum atomic E-state index is -0.0663. The lowest BCUT2D eigenvalue weighted by Crippen LogP contribution is -2.55. The van der Waals surface area contributed by atoms with Crippen molar-refractivity contribution in [3.8, 4) is 0 Å². The van der Waals surface area contributed by atoms with Gasteiger partial charge in [-0.2, -0.15) is 4.98 Å². The first kappa shape index (κ1) is 15.2. The standard InChI is InChI=1S/C18H23N5O2/c24-17(16-12-4-3-6-13(12)20-21-16)22-8-10-23(11-9-22)18-19-14-5-1-2-7-15(14)25-18/h1-2,5,7,12-13,16,20-21H,3-4,6,8-11H2. The number of nitrogens with one attached hydrogen (secondary N) is 2. The quantitative estimate of drug-likeness (QED) is 0.853. The number of hydrogen-bond donors (Lipinski definition) is 2. The third-order valence-electron chi connectivity index (χ3n) is 5.83. The highest BCUT2D eigenvalue weighted by molar-refractivity contribution is 5.83. The highest BCUT2D eigenvalue weighted by Gasteiger charge is 2.44. The number of benzene rings is 1. The van der Waals surface area contributed by atoms with Crippen molar-refractivity contribution in [2.45, 2.75) is 31.3 Å². The number of fused-ring (bicyclic) bond motifs is 2. The number of rotatable bonds is 2. The van der Waals surface area contributed by atoms with Crippen molar-refractivity contribution in [3.05, 3.63) is 24.3 Å². The topological polar surface area (TPSA) is 73.6 Å². The lowest BCUT2D eigenvalue weighted by Gasteiger charge is -2.35. The molecular formula is C18H23N5O2. The number of carbonyl (C=O) groups is 1. The SMILES string of the molecule is O=C(C1NNC2CCCC21)N1CCN(c2nc3ccccc3o2)CC1. The van der Waals surface area contributed by atoms with E-state index >= 15 is 0 Å². The molecule has 0 spiro atoms. The van der Waals surface area contributed by atoms with E-state index in [0.717, 1.165) is 30.6 Å². The largest absolute Gasteiger partial charge is 0.423 e. The third kappa shape index (κ3) is 2.58. The van der Waals surface area contributed by atoms with Gasteiger partial charge in [-0.25, -0.2) is 5.43 Å². The number of hydrogen-bond acceptors (Lipinski definition) is 6. The summed E-state index contributed by atoms with van der Waals surface area (Å²) in [5.41, 5.74) is 8.22. The van der Waals surface area contributed by atoms with Gasteiger partial charge >= 0.3 is 0 Å². The lowest BCUT2D eigenvalue weighted by atomic mass is 9.96. The zero-order valence-corrected chi connectivity index (χ0v) is 14.1. The minimum Gasteiger partial charge on any atom is -0.423 e. The molecule has 7 heteroatoms. The van der Waals surface area contributed by atoms with Crippen LogP contribution in [-0.2, 0) is 4.79 Å². The van der Waals surface area contributed by atoms with Crippen LogP contribution in [0.2, 0.25) is 0 Å². The molecule has 2 N–H and O–H groups in total. The Labute approximate surface area is 146 Å². The van der Waals surface area contributed by atoms with Crippen LogP contribution in [-0.4, -0.2) is 54.1 Å². The number of carbonyl (C=O) groups excluding carboxylic acids is 1. The highest BCUT2D eigenvalue weighted by atomic mass is 16.4. The van der Waals surface area contributed by atoms with Crippen LogP contribution in [0.25, 0.3) is 11.1 Å². The van der Waals surface area contributed by atoms with E-state index in [0.29, 0.717) is 31.1 Å². The van der Waals surface area contributed by atoms with Crippen molar-refractivity contribution in [2.24, 2.45) is 5.92 Å². The molecule has 1 saturated carbocycles. The molecule has 1 amide bonds. The van der Waals surface area contributed by atoms with E-state index in [-0.39, 0.29) is 11.9 Å². The van der Waals surface area contributed by atoms with Crippen LogP contribution >= 0.6 is 0 Å². The summed E-state index contributed by atoms with van der Waals surface area (Å²) in [6.45, 7) is 2.94. The molecule has 3 fully saturated rings. The van der Waals surface area contributed by atoms with Gasteiger partial charge in [0.25, 0.3) is 6.01 Å². The monoisotopic (exact) mass is 341 g/mol. The molecular weight excluding hydrogens is 318 g/mol. The van der Waals surface area contributed by atoms with Gasteiger partial charge in [-0.05, 0) is 25.0 Å². The maximum Gasteiger partial charge on any atom is 0.298 e. The fourth-order valence-electron chi connectivity index (χ4n) is 4.43. The van der Waals surface area contributed by atoms with E-state index < -0.39 is 0 Å². The molecule has 0 radical (unpaired) electrons. The van der Waals surface area contributed by atoms with E-state index in [9.17, 15) is 4.79 Å². The van der Waals surface area contributed by atoms with Crippen molar-refractivity contribution in [3.63, 3.8) is 0 Å². The van der Waals surface area contributed by atoms with Crippen LogP contribution in [0.1, 0.15) is 19.3 Å². The highest BCUT2D eigenvalue weighted by Crippen LogP contribution is 2.32. The zero-order valence-electron chi connectivity index (χ0n) is 14.1. The number of anilines is 1. The van der Waals surface area contributed by atoms with Gasteiger partial charge in [-0.15, -0.1) is 0 Å². The van der Waals surface area contributed by atoms with Gasteiger partial charge in [-0.1, -0.05) is 18.6 Å². The molecule has 2 saturated heterocycles. The zero-order chi connectivity index (χ0) is 16.8. The van der Waals surface area contributed by atoms with Crippen molar-refractivity contribution in [2.75, 3.05) is 31.1 Å². The van der Waals surface area contributed by atoms with Crippen molar-refractivity contribution >= 4 is 23.0 Å². The molecule has 132 valence electrons. The van der Waals surface area contributed by atoms with Gasteiger partial charge in [0.1, 0.15) is 11.6 Å². The lowest BCUT2D eigenvalue weighted by molar-refractivity contribution is -0.134. The van der Waals surface area contributed by atoms with Crippen molar-refractivity contribution in [1.82, 2.24) is 20.7 Å². The molecule has 3 atom stereocenters. The number of hydrazine groups is 1. The summed E-state index contributed by atoms with van der Waals surface area (Å²) in [7, 11) is 0. The molecule has 1 aromatic carbocycles. The maximum absolute atomic E-state index is 12.9. The Hall–Kier alpha value is -2.12. The van der Waals surface area contributed by atoms with Crippen LogP contribution in [0, 0.1) is 5.92 Å². The van der Waals surface area contributed by atoms with Crippen LogP contribution in [0.5, 0.6) is 0 Å². The second-order valence-electron chi connectivity index (χ2n) is 7.24. The van der Waals surface area contributed by atoms with Gasteiger partial charge in [0.15, 0.2) is 5.58 Å². The summed E-state index contributed by atoms with van der Waals surface area (Å²) in [5.74, 6) is 0.682. The molecule has 2 aliphatic heterocycles. The van der Waals surface area contributed by atoms with Gasteiger partial charge < -0.3 is 14.2 Å². The predicted molar refractivity (Wildman–Crippen MR) is 94.0 cm³/mol. The molecule has 5 rings (SSSR count). The Balaban J connectivity index is 1.24. The molecule has 7 nitrogen and oxygen atoms in total. The second kappa shape index (κ2) is 6.00. The molecule has 0 bridgehead atoms. The van der Waals surface area contributed by atoms with E-state index in [4.69, 9.17) is 4.42 Å². The van der Waals surface area contributed by atoms with Crippen LogP contribution < -0.4 is 15.8 Å². The van der Waals surface area contributed by atoms with E-state index in [1.54, 1.807) is 0 Å². The van der Waals surface area contributed by atoms with Crippen LogP contribution in [0.15, 0.2) is 28.7 Å². The average molecular weight is 341 g/mol. The van der Waals surface area contributed by atoms with Crippen molar-refractivity contribution in [1.29, 1.82) is 0 Å². The van der Waals surface area contributed by atoms with E-state index in [2.05, 4.69) is 20.7 Å². The Bertz CT molecular complexity index is 750. The number of oxazole rings is 1. The number of para-hydroxylation sites is 2. The Morgan fingerprint density at radius 2 is 1.96 bits per heavy atom. The molecule has 2 aromatic rings. The van der Waals surface area contributed by atoms with Gasteiger partial charge in [0, 0.05) is 38.1 Å². The Kier molecular flexibility index (Phi) is 3.64. The van der Waals surface area contributed by atoms with E-state index in [1.165, 1.54) is 12.8 Å². The Morgan fingerprint density at radius 3 is 2.80 bits per heavy atom. The summed E-state index contributed by atoms with van der Waals surface area (Å²) in [5, 5.41) is 0. The summed E-state index contributed by atoms with van der Waals surface area (Å²) in [4.78, 5) is 21.6. The maximum atomic E-state index is 12.9. The summed E-state index contributed by atoms with van der Waals surface area (Å²) < 4.78 is 5.85. The van der Waals surface area contributed by atoms with Crippen LogP contribution in [0.4, 0.5) is 6.01 Å². The van der Waals surface area contributed by atoms with Crippen LogP contribution in [0.3, 0.4) is 0 Å². The van der Waals surface area contributed by atoms with E-state index in [1.807, 2.05) is 29.2 Å². The fraction of sp³-hybridized carbons (Fsp3) is 0.556. The Morgan fingerprint density at radius 1 is 1.12 bits per heavy atom. The summed E-state index contributed by atoms with van der Waals surface area (Å²) in [6, 6.07) is 8.86. The third-order valence-corrected chi connectivity index (χ3v) is 5.83. The molecule has 3 heterocycles. The average Bonchev–Trinajstić information content (AvgIpc) is 3.36. The first-order valence-corrected chi connectivity index (χ1v) is 9.20. The first-order valence-electron chi connectivity index (χ1n) is 9.20. The number of piperazine rings is 1. The molecule has 3 unspecified atom stereocenters. The predicted octanol–water partition coefficient (Wildman–Crippen LogP) is 1.12. The van der Waals surface area contributed by atoms with Gasteiger partial charge in [-0.3, -0.25) is 10.2 Å². The normalized spacial score (nSPS) is 29.4. The second-order valence-corrected chi connectivity index (χ2v) is 7.24. The number of amides is 1.